The van der Waals surface area contributed by atoms with Gasteiger partial charge in [0.15, 0.2) is 5.78 Å². The summed E-state index contributed by atoms with van der Waals surface area (Å²) >= 11 is 0. The van der Waals surface area contributed by atoms with Gasteiger partial charge in [-0.15, -0.1) is 0 Å². The molecule has 2 fully saturated rings. The van der Waals surface area contributed by atoms with Crippen LogP contribution in [-0.4, -0.2) is 17.9 Å². The maximum Gasteiger partial charge on any atom is 0.303 e. The maximum absolute atomic E-state index is 13.2. The Morgan fingerprint density at radius 1 is 1.35 bits per heavy atom. The van der Waals surface area contributed by atoms with Gasteiger partial charge in [-0.25, -0.2) is 0 Å². The Morgan fingerprint density at radius 2 is 2.00 bits per heavy atom. The van der Waals surface area contributed by atoms with Crippen LogP contribution < -0.4 is 0 Å². The number of ether oxygens (including phenoxy) is 1. The number of fused-ring (bicyclic) bond motifs is 1. The predicted molar refractivity (Wildman–Crippen MR) is 75.9 cm³/mol. The summed E-state index contributed by atoms with van der Waals surface area (Å²) in [6, 6.07) is 0. The van der Waals surface area contributed by atoms with Crippen molar-refractivity contribution in [3.05, 3.63) is 11.6 Å². The number of rotatable bonds is 1. The Balaban J connectivity index is 2.19. The quantitative estimate of drug-likeness (QED) is 0.546. The molecule has 0 heterocycles. The van der Waals surface area contributed by atoms with Gasteiger partial charge in [-0.1, -0.05) is 26.3 Å². The molecule has 110 valence electrons. The van der Waals surface area contributed by atoms with Gasteiger partial charge in [0.05, 0.1) is 5.41 Å². The van der Waals surface area contributed by atoms with Crippen molar-refractivity contribution in [1.82, 2.24) is 0 Å². The van der Waals surface area contributed by atoms with Gasteiger partial charge in [0.2, 0.25) is 0 Å². The topological polar surface area (TPSA) is 43.4 Å². The Morgan fingerprint density at radius 3 is 2.60 bits per heavy atom. The smallest absolute Gasteiger partial charge is 0.303 e. The van der Waals surface area contributed by atoms with E-state index in [1.165, 1.54) is 6.92 Å². The molecule has 0 aromatic carbocycles. The summed E-state index contributed by atoms with van der Waals surface area (Å²) in [5.74, 6) is 0.645. The van der Waals surface area contributed by atoms with Crippen LogP contribution in [0.2, 0.25) is 0 Å². The maximum atomic E-state index is 13.2. The minimum atomic E-state index is -0.473. The molecule has 0 saturated heterocycles. The Hall–Kier alpha value is -1.12. The van der Waals surface area contributed by atoms with Gasteiger partial charge in [-0.3, -0.25) is 9.59 Å². The van der Waals surface area contributed by atoms with Crippen molar-refractivity contribution in [3.63, 3.8) is 0 Å². The molecule has 3 nitrogen and oxygen atoms in total. The van der Waals surface area contributed by atoms with E-state index in [1.54, 1.807) is 0 Å². The number of allylic oxidation sites excluding steroid dienone is 1. The first-order valence-corrected chi connectivity index (χ1v) is 7.63. The monoisotopic (exact) mass is 276 g/mol. The lowest BCUT2D eigenvalue weighted by Crippen LogP contribution is -2.49. The number of carbonyl (C=O) groups is 2. The molecular formula is C17H24O3. The van der Waals surface area contributed by atoms with E-state index >= 15 is 0 Å². The van der Waals surface area contributed by atoms with E-state index in [1.807, 2.05) is 6.92 Å². The van der Waals surface area contributed by atoms with E-state index in [9.17, 15) is 9.59 Å². The zero-order chi connectivity index (χ0) is 14.9. The van der Waals surface area contributed by atoms with Crippen LogP contribution in [-0.2, 0) is 14.3 Å². The highest BCUT2D eigenvalue weighted by molar-refractivity contribution is 5.96. The molecular weight excluding hydrogens is 252 g/mol. The SMILES string of the molecule is CC(=O)O[C@H]1C=C(C)[C@H]2C(=O)[C@]13[C@H](CC[C@@H]3C)C2(C)C. The molecule has 5 atom stereocenters. The number of ketones is 1. The molecule has 1 spiro atoms. The second-order valence-electron chi connectivity index (χ2n) is 7.52. The summed E-state index contributed by atoms with van der Waals surface area (Å²) in [4.78, 5) is 24.7. The van der Waals surface area contributed by atoms with Crippen molar-refractivity contribution < 1.29 is 14.3 Å². The van der Waals surface area contributed by atoms with E-state index in [0.29, 0.717) is 11.7 Å². The third-order valence-corrected chi connectivity index (χ3v) is 6.24. The van der Waals surface area contributed by atoms with Crippen molar-refractivity contribution in [2.45, 2.75) is 53.6 Å². The molecule has 3 rings (SSSR count). The number of hydrogen-bond acceptors (Lipinski definition) is 3. The molecule has 2 saturated carbocycles. The summed E-state index contributed by atoms with van der Waals surface area (Å²) in [6.07, 6.45) is 3.80. The van der Waals surface area contributed by atoms with Crippen molar-refractivity contribution in [2.24, 2.45) is 28.6 Å². The third kappa shape index (κ3) is 1.36. The van der Waals surface area contributed by atoms with Crippen molar-refractivity contribution in [1.29, 1.82) is 0 Å². The molecule has 0 N–H and O–H groups in total. The van der Waals surface area contributed by atoms with Gasteiger partial charge in [-0.05, 0) is 43.1 Å². The van der Waals surface area contributed by atoms with Crippen LogP contribution in [0.1, 0.15) is 47.5 Å². The minimum Gasteiger partial charge on any atom is -0.457 e. The molecule has 2 bridgehead atoms. The highest BCUT2D eigenvalue weighted by Gasteiger charge is 2.72. The molecule has 0 aromatic rings. The Kier molecular flexibility index (Phi) is 2.74. The Bertz CT molecular complexity index is 516. The van der Waals surface area contributed by atoms with Crippen LogP contribution in [0.25, 0.3) is 0 Å². The third-order valence-electron chi connectivity index (χ3n) is 6.24. The number of Topliss-reactive ketones (excluding diaryl/α,β-unsaturated/α-hetero) is 1. The van der Waals surface area contributed by atoms with Crippen molar-refractivity contribution in [3.8, 4) is 0 Å². The number of esters is 1. The molecule has 20 heavy (non-hydrogen) atoms. The number of carbonyl (C=O) groups excluding carboxylic acids is 2. The standard InChI is InChI=1S/C17H24O3/c1-9-8-13(20-11(3)18)17-10(2)6-7-12(17)16(4,5)14(9)15(17)19/h8,10,12-14H,6-7H2,1-5H3/t10-,12+,13-,14-,17+/m0/s1. The largest absolute Gasteiger partial charge is 0.457 e. The first-order chi connectivity index (χ1) is 9.23. The van der Waals surface area contributed by atoms with Gasteiger partial charge in [-0.2, -0.15) is 0 Å². The van der Waals surface area contributed by atoms with Crippen LogP contribution in [0.5, 0.6) is 0 Å². The predicted octanol–water partition coefficient (Wildman–Crippen LogP) is 3.14. The average molecular weight is 276 g/mol. The summed E-state index contributed by atoms with van der Waals surface area (Å²) in [5, 5.41) is 0. The summed E-state index contributed by atoms with van der Waals surface area (Å²) in [7, 11) is 0. The lowest BCUT2D eigenvalue weighted by atomic mass is 9.65. The molecule has 0 aliphatic heterocycles. The van der Waals surface area contributed by atoms with Gasteiger partial charge in [0, 0.05) is 12.8 Å². The molecule has 3 aliphatic rings. The highest BCUT2D eigenvalue weighted by Crippen LogP contribution is 2.69. The lowest BCUT2D eigenvalue weighted by Gasteiger charge is -2.40. The van der Waals surface area contributed by atoms with E-state index in [4.69, 9.17) is 4.74 Å². The van der Waals surface area contributed by atoms with Crippen LogP contribution in [0, 0.1) is 28.6 Å². The first-order valence-electron chi connectivity index (χ1n) is 7.63. The molecule has 0 amide bonds. The Labute approximate surface area is 120 Å². The lowest BCUT2D eigenvalue weighted by molar-refractivity contribution is -0.158. The van der Waals surface area contributed by atoms with Crippen molar-refractivity contribution in [2.75, 3.05) is 0 Å². The van der Waals surface area contributed by atoms with Crippen LogP contribution in [0.3, 0.4) is 0 Å². The zero-order valence-electron chi connectivity index (χ0n) is 13.0. The van der Waals surface area contributed by atoms with E-state index in [-0.39, 0.29) is 29.3 Å². The van der Waals surface area contributed by atoms with Gasteiger partial charge < -0.3 is 4.74 Å². The average Bonchev–Trinajstić information content (AvgIpc) is 2.70. The molecule has 3 aliphatic carbocycles. The van der Waals surface area contributed by atoms with Crippen LogP contribution >= 0.6 is 0 Å². The number of hydrogen-bond donors (Lipinski definition) is 0. The second kappa shape index (κ2) is 3.96. The summed E-state index contributed by atoms with van der Waals surface area (Å²) in [5.41, 5.74) is 0.579. The van der Waals surface area contributed by atoms with Gasteiger partial charge in [0.25, 0.3) is 0 Å². The van der Waals surface area contributed by atoms with E-state index in [0.717, 1.165) is 18.4 Å². The second-order valence-corrected chi connectivity index (χ2v) is 7.52. The van der Waals surface area contributed by atoms with Crippen LogP contribution in [0.15, 0.2) is 11.6 Å². The fourth-order valence-corrected chi connectivity index (χ4v) is 5.62. The van der Waals surface area contributed by atoms with E-state index < -0.39 is 5.41 Å². The first kappa shape index (κ1) is 13.8. The van der Waals surface area contributed by atoms with Crippen LogP contribution in [0.4, 0.5) is 0 Å². The molecule has 0 radical (unpaired) electrons. The molecule has 0 aromatic heterocycles. The molecule has 3 heteroatoms. The highest BCUT2D eigenvalue weighted by atomic mass is 16.5. The van der Waals surface area contributed by atoms with Gasteiger partial charge in [0.1, 0.15) is 6.10 Å². The summed E-state index contributed by atoms with van der Waals surface area (Å²) in [6.45, 7) is 10.0. The van der Waals surface area contributed by atoms with E-state index in [2.05, 4.69) is 26.8 Å². The minimum absolute atomic E-state index is 0.00191. The zero-order valence-corrected chi connectivity index (χ0v) is 13.0. The summed E-state index contributed by atoms with van der Waals surface area (Å²) < 4.78 is 5.59. The molecule has 0 unspecified atom stereocenters. The normalized spacial score (nSPS) is 45.0. The van der Waals surface area contributed by atoms with Crippen molar-refractivity contribution >= 4 is 11.8 Å². The fraction of sp³-hybridized carbons (Fsp3) is 0.765. The fourth-order valence-electron chi connectivity index (χ4n) is 5.62. The van der Waals surface area contributed by atoms with Gasteiger partial charge >= 0.3 is 5.97 Å².